The minimum Gasteiger partial charge on any atom is -0.508 e. The highest BCUT2D eigenvalue weighted by molar-refractivity contribution is 5.67. The molecule has 0 aliphatic carbocycles. The van der Waals surface area contributed by atoms with Crippen LogP contribution in [-0.4, -0.2) is 35.2 Å². The van der Waals surface area contributed by atoms with Crippen molar-refractivity contribution >= 4 is 6.09 Å². The van der Waals surface area contributed by atoms with Crippen LogP contribution in [0, 0.1) is 0 Å². The molecule has 0 atom stereocenters. The summed E-state index contributed by atoms with van der Waals surface area (Å²) in [7, 11) is 0. The molecule has 0 saturated carbocycles. The highest BCUT2D eigenvalue weighted by atomic mass is 17.1. The van der Waals surface area contributed by atoms with Gasteiger partial charge in [-0.1, -0.05) is 12.1 Å². The third kappa shape index (κ3) is 11.7. The topological polar surface area (TPSA) is 88.0 Å². The largest absolute Gasteiger partial charge is 0.508 e. The molecule has 6 heteroatoms. The van der Waals surface area contributed by atoms with Crippen LogP contribution in [0.1, 0.15) is 33.3 Å². The zero-order chi connectivity index (χ0) is 16.3. The molecule has 1 aromatic carbocycles. The van der Waals surface area contributed by atoms with E-state index in [0.29, 0.717) is 19.6 Å². The van der Waals surface area contributed by atoms with Gasteiger partial charge in [0.25, 0.3) is 0 Å². The molecule has 0 fully saturated rings. The molecule has 6 nitrogen and oxygen atoms in total. The van der Waals surface area contributed by atoms with Crippen LogP contribution in [0.25, 0.3) is 0 Å². The Bertz CT molecular complexity index is 396. The number of ether oxygens (including phenoxy) is 1. The molecule has 0 saturated heterocycles. The first-order valence-corrected chi connectivity index (χ1v) is 6.79. The maximum absolute atomic E-state index is 11.3. The minimum absolute atomic E-state index is 0.244. The van der Waals surface area contributed by atoms with E-state index in [1.807, 2.05) is 32.9 Å². The third-order valence-corrected chi connectivity index (χ3v) is 2.15. The van der Waals surface area contributed by atoms with Crippen LogP contribution in [0.4, 0.5) is 4.79 Å². The molecule has 0 aliphatic heterocycles. The number of amides is 1. The summed E-state index contributed by atoms with van der Waals surface area (Å²) < 4.78 is 5.10. The van der Waals surface area contributed by atoms with E-state index >= 15 is 0 Å². The van der Waals surface area contributed by atoms with E-state index in [1.165, 1.54) is 0 Å². The lowest BCUT2D eigenvalue weighted by atomic mass is 10.1. The Hall–Kier alpha value is -1.79. The molecule has 0 spiro atoms. The van der Waals surface area contributed by atoms with Crippen molar-refractivity contribution in [3.63, 3.8) is 0 Å². The van der Waals surface area contributed by atoms with Gasteiger partial charge in [-0.2, -0.15) is 0 Å². The van der Waals surface area contributed by atoms with E-state index in [9.17, 15) is 4.79 Å². The second kappa shape index (κ2) is 10.0. The molecule has 3 N–H and O–H groups in total. The molecule has 0 aromatic heterocycles. The molecule has 1 aromatic rings. The van der Waals surface area contributed by atoms with Crippen molar-refractivity contribution in [1.82, 2.24) is 5.32 Å². The first kappa shape index (κ1) is 19.2. The van der Waals surface area contributed by atoms with E-state index in [-0.39, 0.29) is 5.75 Å². The molecule has 1 rings (SSSR count). The quantitative estimate of drug-likeness (QED) is 0.587. The number of carbonyl (C=O) groups excluding carboxylic acids is 1. The second-order valence-corrected chi connectivity index (χ2v) is 5.26. The van der Waals surface area contributed by atoms with Crippen molar-refractivity contribution in [2.45, 2.75) is 39.7 Å². The summed E-state index contributed by atoms with van der Waals surface area (Å²) in [5.41, 5.74) is 0.585. The zero-order valence-electron chi connectivity index (χ0n) is 13.0. The molecule has 1 amide bonds. The van der Waals surface area contributed by atoms with Gasteiger partial charge >= 0.3 is 6.09 Å². The van der Waals surface area contributed by atoms with E-state index < -0.39 is 11.7 Å². The van der Waals surface area contributed by atoms with Crippen molar-refractivity contribution in [1.29, 1.82) is 0 Å². The van der Waals surface area contributed by atoms with Gasteiger partial charge in [-0.05, 0) is 51.8 Å². The summed E-state index contributed by atoms with van der Waals surface area (Å²) in [5, 5.41) is 19.2. The fourth-order valence-electron chi connectivity index (χ4n) is 1.29. The summed E-state index contributed by atoms with van der Waals surface area (Å²) in [5.74, 6) is 0.244. The van der Waals surface area contributed by atoms with Gasteiger partial charge < -0.3 is 15.2 Å². The van der Waals surface area contributed by atoms with Gasteiger partial charge in [0.05, 0.1) is 6.61 Å². The first-order chi connectivity index (χ1) is 9.78. The van der Waals surface area contributed by atoms with Crippen LogP contribution < -0.4 is 5.32 Å². The zero-order valence-corrected chi connectivity index (χ0v) is 13.0. The van der Waals surface area contributed by atoms with Gasteiger partial charge in [-0.25, -0.2) is 9.68 Å². The number of nitrogens with one attached hydrogen (secondary N) is 1. The van der Waals surface area contributed by atoms with Gasteiger partial charge in [0.1, 0.15) is 11.4 Å². The normalized spacial score (nSPS) is 10.3. The van der Waals surface area contributed by atoms with Crippen LogP contribution in [0.15, 0.2) is 24.3 Å². The molecule has 0 bridgehead atoms. The lowest BCUT2D eigenvalue weighted by molar-refractivity contribution is -0.237. The highest BCUT2D eigenvalue weighted by Gasteiger charge is 2.15. The smallest absolute Gasteiger partial charge is 0.407 e. The van der Waals surface area contributed by atoms with Crippen LogP contribution in [-0.2, 0) is 16.0 Å². The lowest BCUT2D eigenvalue weighted by Crippen LogP contribution is -2.33. The van der Waals surface area contributed by atoms with Gasteiger partial charge in [-0.3, -0.25) is 5.26 Å². The van der Waals surface area contributed by atoms with E-state index in [4.69, 9.17) is 15.1 Å². The van der Waals surface area contributed by atoms with Crippen LogP contribution in [0.5, 0.6) is 5.75 Å². The van der Waals surface area contributed by atoms with E-state index in [2.05, 4.69) is 10.2 Å². The number of carbonyl (C=O) groups is 1. The molecule has 0 unspecified atom stereocenters. The summed E-state index contributed by atoms with van der Waals surface area (Å²) in [6.45, 7) is 8.07. The SMILES string of the molecule is CC(C)(C)OC(=O)NCCc1ccc(O)cc1.CCOO. The predicted molar refractivity (Wildman–Crippen MR) is 80.3 cm³/mol. The Balaban J connectivity index is 0.000000885. The average Bonchev–Trinajstić information content (AvgIpc) is 2.39. The van der Waals surface area contributed by atoms with Gasteiger partial charge in [-0.15, -0.1) is 0 Å². The monoisotopic (exact) mass is 299 g/mol. The van der Waals surface area contributed by atoms with Crippen molar-refractivity contribution < 1.29 is 24.8 Å². The molecule has 0 heterocycles. The molecular weight excluding hydrogens is 274 g/mol. The highest BCUT2D eigenvalue weighted by Crippen LogP contribution is 2.10. The van der Waals surface area contributed by atoms with E-state index in [1.54, 1.807) is 19.1 Å². The molecule has 21 heavy (non-hydrogen) atoms. The molecular formula is C15H25NO5. The fourth-order valence-corrected chi connectivity index (χ4v) is 1.29. The molecule has 0 radical (unpaired) electrons. The number of aromatic hydroxyl groups is 1. The number of benzene rings is 1. The number of phenolic OH excluding ortho intramolecular Hbond substituents is 1. The number of hydrogen-bond acceptors (Lipinski definition) is 5. The van der Waals surface area contributed by atoms with Crippen molar-refractivity contribution in [2.24, 2.45) is 0 Å². The first-order valence-electron chi connectivity index (χ1n) is 6.79. The fraction of sp³-hybridized carbons (Fsp3) is 0.533. The molecule has 120 valence electrons. The Morgan fingerprint density at radius 1 is 1.24 bits per heavy atom. The summed E-state index contributed by atoms with van der Waals surface area (Å²) in [6, 6.07) is 6.91. The Kier molecular flexibility index (Phi) is 9.16. The predicted octanol–water partition coefficient (Wildman–Crippen LogP) is 2.96. The second-order valence-electron chi connectivity index (χ2n) is 5.26. The van der Waals surface area contributed by atoms with Crippen molar-refractivity contribution in [3.05, 3.63) is 29.8 Å². The van der Waals surface area contributed by atoms with Crippen molar-refractivity contribution in [2.75, 3.05) is 13.2 Å². The Labute approximate surface area is 125 Å². The minimum atomic E-state index is -0.470. The Morgan fingerprint density at radius 3 is 2.19 bits per heavy atom. The van der Waals surface area contributed by atoms with Gasteiger partial charge in [0, 0.05) is 6.54 Å². The maximum Gasteiger partial charge on any atom is 0.407 e. The number of hydrogen-bond donors (Lipinski definition) is 3. The number of rotatable bonds is 4. The average molecular weight is 299 g/mol. The van der Waals surface area contributed by atoms with Gasteiger partial charge in [0.2, 0.25) is 0 Å². The Morgan fingerprint density at radius 2 is 1.76 bits per heavy atom. The lowest BCUT2D eigenvalue weighted by Gasteiger charge is -2.19. The van der Waals surface area contributed by atoms with Crippen LogP contribution in [0.2, 0.25) is 0 Å². The summed E-state index contributed by atoms with van der Waals surface area (Å²) in [6.07, 6.45) is 0.302. The number of phenols is 1. The van der Waals surface area contributed by atoms with Gasteiger partial charge in [0.15, 0.2) is 0 Å². The number of alkyl carbamates (subject to hydrolysis) is 1. The van der Waals surface area contributed by atoms with Crippen LogP contribution in [0.3, 0.4) is 0 Å². The van der Waals surface area contributed by atoms with E-state index in [0.717, 1.165) is 5.56 Å². The summed E-state index contributed by atoms with van der Waals surface area (Å²) in [4.78, 5) is 14.9. The summed E-state index contributed by atoms with van der Waals surface area (Å²) >= 11 is 0. The maximum atomic E-state index is 11.3. The standard InChI is InChI=1S/C13H19NO3.C2H6O2/c1-13(2,3)17-12(16)14-9-8-10-4-6-11(15)7-5-10;1-2-4-3/h4-7,15H,8-9H2,1-3H3,(H,14,16);3H,2H2,1H3. The molecule has 0 aliphatic rings. The third-order valence-electron chi connectivity index (χ3n) is 2.15. The van der Waals surface area contributed by atoms with Crippen LogP contribution >= 0.6 is 0 Å². The van der Waals surface area contributed by atoms with Crippen molar-refractivity contribution in [3.8, 4) is 5.75 Å².